The average Bonchev–Trinajstić information content (AvgIpc) is 2.66. The number of hydrogen-bond acceptors (Lipinski definition) is 2. The molecule has 2 fully saturated rings. The Bertz CT molecular complexity index is 792. The van der Waals surface area contributed by atoms with E-state index in [9.17, 15) is 4.39 Å². The van der Waals surface area contributed by atoms with Crippen LogP contribution in [0.4, 0.5) is 10.1 Å². The van der Waals surface area contributed by atoms with Crippen molar-refractivity contribution in [1.82, 2.24) is 10.2 Å². The number of anilines is 1. The number of hydrogen-bond donors (Lipinski definition) is 2. The van der Waals surface area contributed by atoms with Gasteiger partial charge in [0, 0.05) is 30.4 Å². The first-order valence-corrected chi connectivity index (χ1v) is 10.6. The molecule has 5 heteroatoms. The normalized spacial score (nSPS) is 24.6. The molecule has 2 aliphatic rings. The van der Waals surface area contributed by atoms with Crippen molar-refractivity contribution in [2.45, 2.75) is 63.7 Å². The van der Waals surface area contributed by atoms with E-state index in [1.54, 1.807) is 12.1 Å². The van der Waals surface area contributed by atoms with Gasteiger partial charge < -0.3 is 10.6 Å². The van der Waals surface area contributed by atoms with E-state index >= 15 is 0 Å². The van der Waals surface area contributed by atoms with Gasteiger partial charge in [-0.2, -0.15) is 0 Å². The highest BCUT2D eigenvalue weighted by Gasteiger charge is 2.38. The van der Waals surface area contributed by atoms with Gasteiger partial charge >= 0.3 is 0 Å². The SMILES string of the molecule is Cc1ccc(NC(=S)NC2C[C@H]3CCC[C@@H](C2)N3Cc2ccc(F)cc2)cc1. The predicted molar refractivity (Wildman–Crippen MR) is 117 cm³/mol. The summed E-state index contributed by atoms with van der Waals surface area (Å²) in [6.45, 7) is 2.99. The average molecular weight is 398 g/mol. The fourth-order valence-corrected chi connectivity index (χ4v) is 4.93. The third-order valence-corrected chi connectivity index (χ3v) is 6.27. The molecule has 0 radical (unpaired) electrons. The van der Waals surface area contributed by atoms with E-state index in [4.69, 9.17) is 12.2 Å². The summed E-state index contributed by atoms with van der Waals surface area (Å²) in [5, 5.41) is 7.56. The van der Waals surface area contributed by atoms with Crippen molar-refractivity contribution < 1.29 is 4.39 Å². The molecule has 0 amide bonds. The monoisotopic (exact) mass is 397 g/mol. The Hall–Kier alpha value is -1.98. The Morgan fingerprint density at radius 1 is 1.04 bits per heavy atom. The molecule has 3 atom stereocenters. The maximum atomic E-state index is 13.2. The van der Waals surface area contributed by atoms with Gasteiger partial charge in [-0.1, -0.05) is 36.2 Å². The first-order chi connectivity index (χ1) is 13.6. The van der Waals surface area contributed by atoms with Crippen LogP contribution in [-0.4, -0.2) is 28.1 Å². The molecule has 0 aromatic heterocycles. The number of nitrogens with zero attached hydrogens (tertiary/aromatic N) is 1. The lowest BCUT2D eigenvalue weighted by Gasteiger charge is -2.49. The molecule has 2 bridgehead atoms. The van der Waals surface area contributed by atoms with Crippen molar-refractivity contribution in [3.8, 4) is 0 Å². The molecule has 2 heterocycles. The van der Waals surface area contributed by atoms with E-state index in [1.807, 2.05) is 12.1 Å². The van der Waals surface area contributed by atoms with Crippen molar-refractivity contribution in [3.05, 3.63) is 65.5 Å². The summed E-state index contributed by atoms with van der Waals surface area (Å²) in [5.74, 6) is -0.165. The fraction of sp³-hybridized carbons (Fsp3) is 0.435. The second-order valence-corrected chi connectivity index (χ2v) is 8.58. The zero-order valence-corrected chi connectivity index (χ0v) is 17.1. The summed E-state index contributed by atoms with van der Waals surface area (Å²) in [4.78, 5) is 2.63. The summed E-state index contributed by atoms with van der Waals surface area (Å²) in [6.07, 6.45) is 5.97. The Kier molecular flexibility index (Phi) is 5.93. The lowest BCUT2D eigenvalue weighted by molar-refractivity contribution is 0.0211. The van der Waals surface area contributed by atoms with Crippen LogP contribution in [0.1, 0.15) is 43.2 Å². The highest BCUT2D eigenvalue weighted by atomic mass is 32.1. The van der Waals surface area contributed by atoms with Gasteiger partial charge in [0.1, 0.15) is 5.82 Å². The van der Waals surface area contributed by atoms with Gasteiger partial charge in [0.05, 0.1) is 0 Å². The molecule has 2 aromatic rings. The van der Waals surface area contributed by atoms with Crippen molar-refractivity contribution in [2.75, 3.05) is 5.32 Å². The topological polar surface area (TPSA) is 27.3 Å². The maximum Gasteiger partial charge on any atom is 0.170 e. The summed E-state index contributed by atoms with van der Waals surface area (Å²) in [7, 11) is 0. The minimum Gasteiger partial charge on any atom is -0.360 e. The fourth-order valence-electron chi connectivity index (χ4n) is 4.64. The molecule has 4 rings (SSSR count). The lowest BCUT2D eigenvalue weighted by Crippen LogP contribution is -2.56. The number of nitrogens with one attached hydrogen (secondary N) is 2. The quantitative estimate of drug-likeness (QED) is 0.710. The van der Waals surface area contributed by atoms with E-state index in [0.29, 0.717) is 23.2 Å². The minimum absolute atomic E-state index is 0.165. The number of thiocarbonyl (C=S) groups is 1. The van der Waals surface area contributed by atoms with Gasteiger partial charge in [0.15, 0.2) is 5.11 Å². The molecule has 0 aliphatic carbocycles. The highest BCUT2D eigenvalue weighted by Crippen LogP contribution is 2.35. The van der Waals surface area contributed by atoms with Crippen LogP contribution in [0.2, 0.25) is 0 Å². The Morgan fingerprint density at radius 2 is 1.68 bits per heavy atom. The maximum absolute atomic E-state index is 13.2. The molecule has 1 unspecified atom stereocenters. The summed E-state index contributed by atoms with van der Waals surface area (Å²) < 4.78 is 13.2. The Morgan fingerprint density at radius 3 is 2.32 bits per heavy atom. The minimum atomic E-state index is -0.165. The van der Waals surface area contributed by atoms with E-state index < -0.39 is 0 Å². The first kappa shape index (κ1) is 19.3. The van der Waals surface area contributed by atoms with Gasteiger partial charge in [-0.3, -0.25) is 4.90 Å². The second-order valence-electron chi connectivity index (χ2n) is 8.17. The zero-order chi connectivity index (χ0) is 19.5. The third kappa shape index (κ3) is 4.70. The van der Waals surface area contributed by atoms with Crippen LogP contribution in [-0.2, 0) is 6.54 Å². The molecule has 2 N–H and O–H groups in total. The highest BCUT2D eigenvalue weighted by molar-refractivity contribution is 7.80. The van der Waals surface area contributed by atoms with Crippen LogP contribution < -0.4 is 10.6 Å². The number of piperidine rings is 2. The van der Waals surface area contributed by atoms with E-state index in [1.165, 1.54) is 30.4 Å². The number of fused-ring (bicyclic) bond motifs is 2. The Balaban J connectivity index is 1.35. The second kappa shape index (κ2) is 8.58. The largest absolute Gasteiger partial charge is 0.360 e. The van der Waals surface area contributed by atoms with Crippen LogP contribution >= 0.6 is 12.2 Å². The van der Waals surface area contributed by atoms with Gasteiger partial charge in [-0.25, -0.2) is 4.39 Å². The molecule has 28 heavy (non-hydrogen) atoms. The number of benzene rings is 2. The van der Waals surface area contributed by atoms with Gasteiger partial charge in [-0.05, 0) is 74.7 Å². The molecule has 2 aliphatic heterocycles. The van der Waals surface area contributed by atoms with E-state index in [2.05, 4.69) is 46.7 Å². The van der Waals surface area contributed by atoms with Crippen LogP contribution in [0.3, 0.4) is 0 Å². The van der Waals surface area contributed by atoms with Gasteiger partial charge in [0.2, 0.25) is 0 Å². The van der Waals surface area contributed by atoms with Crippen molar-refractivity contribution in [2.24, 2.45) is 0 Å². The predicted octanol–water partition coefficient (Wildman–Crippen LogP) is 5.01. The van der Waals surface area contributed by atoms with Gasteiger partial charge in [-0.15, -0.1) is 0 Å². The number of rotatable bonds is 4. The summed E-state index contributed by atoms with van der Waals surface area (Å²) in [5.41, 5.74) is 3.46. The molecule has 2 saturated heterocycles. The zero-order valence-electron chi connectivity index (χ0n) is 16.3. The third-order valence-electron chi connectivity index (χ3n) is 6.05. The molecular weight excluding hydrogens is 369 g/mol. The van der Waals surface area contributed by atoms with Crippen LogP contribution in [0, 0.1) is 12.7 Å². The first-order valence-electron chi connectivity index (χ1n) is 10.2. The van der Waals surface area contributed by atoms with Crippen LogP contribution in [0.25, 0.3) is 0 Å². The van der Waals surface area contributed by atoms with Gasteiger partial charge in [0.25, 0.3) is 0 Å². The standard InChI is InChI=1S/C23H28FN3S/c1-16-5-11-19(12-6-16)25-23(28)26-20-13-21-3-2-4-22(14-20)27(21)15-17-7-9-18(24)10-8-17/h5-12,20-22H,2-4,13-15H2,1H3,(H2,25,26,28)/t20?,21-,22+. The molecule has 0 saturated carbocycles. The number of aryl methyl sites for hydroxylation is 1. The molecule has 148 valence electrons. The molecular formula is C23H28FN3S. The van der Waals surface area contributed by atoms with Crippen molar-refractivity contribution >= 4 is 23.0 Å². The molecule has 0 spiro atoms. The van der Waals surface area contributed by atoms with E-state index in [0.717, 1.165) is 25.1 Å². The summed E-state index contributed by atoms with van der Waals surface area (Å²) >= 11 is 5.56. The van der Waals surface area contributed by atoms with Crippen molar-refractivity contribution in [3.63, 3.8) is 0 Å². The van der Waals surface area contributed by atoms with Crippen LogP contribution in [0.15, 0.2) is 48.5 Å². The van der Waals surface area contributed by atoms with Crippen molar-refractivity contribution in [1.29, 1.82) is 0 Å². The molecule has 2 aromatic carbocycles. The smallest absolute Gasteiger partial charge is 0.170 e. The molecule has 3 nitrogen and oxygen atoms in total. The summed E-state index contributed by atoms with van der Waals surface area (Å²) in [6, 6.07) is 16.8. The van der Waals surface area contributed by atoms with Crippen LogP contribution in [0.5, 0.6) is 0 Å². The lowest BCUT2D eigenvalue weighted by atomic mass is 9.81. The Labute approximate surface area is 172 Å². The number of halogens is 1. The van der Waals surface area contributed by atoms with E-state index in [-0.39, 0.29) is 5.82 Å².